The summed E-state index contributed by atoms with van der Waals surface area (Å²) in [6.45, 7) is 2.00. The Hall–Kier alpha value is -2.99. The van der Waals surface area contributed by atoms with E-state index in [1.807, 2.05) is 25.3 Å². The molecule has 0 aromatic carbocycles. The van der Waals surface area contributed by atoms with E-state index in [1.165, 1.54) is 6.33 Å². The monoisotopic (exact) mass is 365 g/mol. The number of hydrogen-bond acceptors (Lipinski definition) is 5. The molecule has 4 heterocycles. The van der Waals surface area contributed by atoms with Crippen molar-refractivity contribution in [2.75, 3.05) is 7.11 Å². The number of pyridine rings is 2. The van der Waals surface area contributed by atoms with Crippen LogP contribution in [0.5, 0.6) is 5.88 Å². The molecule has 0 radical (unpaired) electrons. The van der Waals surface area contributed by atoms with Crippen molar-refractivity contribution in [1.82, 2.24) is 24.9 Å². The van der Waals surface area contributed by atoms with Gasteiger partial charge in [-0.3, -0.25) is 4.98 Å². The van der Waals surface area contributed by atoms with Gasteiger partial charge in [-0.15, -0.1) is 0 Å². The van der Waals surface area contributed by atoms with Crippen molar-refractivity contribution in [3.63, 3.8) is 0 Å². The first kappa shape index (κ1) is 16.5. The maximum atomic E-state index is 6.09. The second kappa shape index (κ2) is 6.72. The molecule has 7 heteroatoms. The number of ether oxygens (including phenoxy) is 1. The molecule has 0 aliphatic carbocycles. The standard InChI is InChI=1S/C19H16ClN5O/c1-11-12(5-13-7-22-18-15(13)6-14(20)8-23-18)3-4-17(25-11)16-9-21-10-24-19(16)26-2/h3-4,6-10H,5H2,1-2H3,(H,22,23). The molecule has 0 aliphatic rings. The van der Waals surface area contributed by atoms with Crippen molar-refractivity contribution in [2.45, 2.75) is 13.3 Å². The maximum Gasteiger partial charge on any atom is 0.225 e. The lowest BCUT2D eigenvalue weighted by Crippen LogP contribution is -1.98. The van der Waals surface area contributed by atoms with Gasteiger partial charge in [0.05, 0.1) is 23.4 Å². The number of nitrogens with zero attached hydrogens (tertiary/aromatic N) is 4. The van der Waals surface area contributed by atoms with E-state index in [0.29, 0.717) is 10.9 Å². The molecule has 0 amide bonds. The number of halogens is 1. The Labute approximate surface area is 155 Å². The first-order valence-electron chi connectivity index (χ1n) is 8.08. The number of aromatic amines is 1. The molecule has 130 valence electrons. The van der Waals surface area contributed by atoms with Crippen LogP contribution >= 0.6 is 11.6 Å². The molecule has 0 spiro atoms. The second-order valence-electron chi connectivity index (χ2n) is 5.93. The first-order valence-corrected chi connectivity index (χ1v) is 8.46. The zero-order valence-electron chi connectivity index (χ0n) is 14.3. The van der Waals surface area contributed by atoms with E-state index < -0.39 is 0 Å². The molecule has 6 nitrogen and oxygen atoms in total. The van der Waals surface area contributed by atoms with Crippen molar-refractivity contribution in [2.24, 2.45) is 0 Å². The third kappa shape index (κ3) is 2.99. The minimum atomic E-state index is 0.511. The summed E-state index contributed by atoms with van der Waals surface area (Å²) in [6, 6.07) is 5.96. The molecule has 26 heavy (non-hydrogen) atoms. The highest BCUT2D eigenvalue weighted by Crippen LogP contribution is 2.28. The van der Waals surface area contributed by atoms with Gasteiger partial charge in [0.1, 0.15) is 12.0 Å². The molecular weight excluding hydrogens is 350 g/mol. The predicted octanol–water partition coefficient (Wildman–Crippen LogP) is 3.98. The van der Waals surface area contributed by atoms with Gasteiger partial charge in [-0.25, -0.2) is 15.0 Å². The summed E-state index contributed by atoms with van der Waals surface area (Å²) in [4.78, 5) is 20.4. The fraction of sp³-hybridized carbons (Fsp3) is 0.158. The van der Waals surface area contributed by atoms with Crippen molar-refractivity contribution in [3.8, 4) is 17.1 Å². The highest BCUT2D eigenvalue weighted by molar-refractivity contribution is 6.31. The number of aromatic nitrogens is 5. The van der Waals surface area contributed by atoms with E-state index in [9.17, 15) is 0 Å². The van der Waals surface area contributed by atoms with Crippen LogP contribution in [0.15, 0.2) is 43.1 Å². The van der Waals surface area contributed by atoms with Gasteiger partial charge < -0.3 is 9.72 Å². The van der Waals surface area contributed by atoms with Crippen LogP contribution in [-0.2, 0) is 6.42 Å². The van der Waals surface area contributed by atoms with Crippen molar-refractivity contribution >= 4 is 22.6 Å². The highest BCUT2D eigenvalue weighted by atomic mass is 35.5. The Morgan fingerprint density at radius 2 is 2.04 bits per heavy atom. The third-order valence-corrected chi connectivity index (χ3v) is 4.51. The smallest absolute Gasteiger partial charge is 0.225 e. The molecular formula is C19H16ClN5O. The molecule has 0 fully saturated rings. The molecule has 0 bridgehead atoms. The first-order chi connectivity index (χ1) is 12.7. The van der Waals surface area contributed by atoms with E-state index in [-0.39, 0.29) is 0 Å². The number of nitrogens with one attached hydrogen (secondary N) is 1. The number of H-pyrrole nitrogens is 1. The fourth-order valence-corrected chi connectivity index (χ4v) is 3.13. The quantitative estimate of drug-likeness (QED) is 0.592. The Kier molecular flexibility index (Phi) is 4.26. The summed E-state index contributed by atoms with van der Waals surface area (Å²) >= 11 is 6.09. The summed E-state index contributed by atoms with van der Waals surface area (Å²) in [6.07, 6.45) is 7.51. The van der Waals surface area contributed by atoms with Gasteiger partial charge in [-0.1, -0.05) is 17.7 Å². The predicted molar refractivity (Wildman–Crippen MR) is 100 cm³/mol. The van der Waals surface area contributed by atoms with Gasteiger partial charge in [0.2, 0.25) is 5.88 Å². The minimum absolute atomic E-state index is 0.511. The normalized spacial score (nSPS) is 11.0. The molecule has 1 N–H and O–H groups in total. The largest absolute Gasteiger partial charge is 0.480 e. The molecule has 0 unspecified atom stereocenters. The number of hydrogen-bond donors (Lipinski definition) is 1. The van der Waals surface area contributed by atoms with Gasteiger partial charge in [0.25, 0.3) is 0 Å². The van der Waals surface area contributed by atoms with E-state index in [2.05, 4.69) is 26.0 Å². The van der Waals surface area contributed by atoms with E-state index >= 15 is 0 Å². The topological polar surface area (TPSA) is 76.6 Å². The Morgan fingerprint density at radius 3 is 2.85 bits per heavy atom. The molecule has 0 atom stereocenters. The summed E-state index contributed by atoms with van der Waals surface area (Å²) < 4.78 is 5.30. The van der Waals surface area contributed by atoms with Gasteiger partial charge in [-0.2, -0.15) is 0 Å². The van der Waals surface area contributed by atoms with Crippen LogP contribution in [0.3, 0.4) is 0 Å². The van der Waals surface area contributed by atoms with Crippen molar-refractivity contribution < 1.29 is 4.74 Å². The summed E-state index contributed by atoms with van der Waals surface area (Å²) in [5.41, 5.74) is 5.59. The zero-order valence-corrected chi connectivity index (χ0v) is 15.1. The van der Waals surface area contributed by atoms with Gasteiger partial charge in [0.15, 0.2) is 0 Å². The molecule has 0 aliphatic heterocycles. The summed E-state index contributed by atoms with van der Waals surface area (Å²) in [5, 5.41) is 1.65. The van der Waals surface area contributed by atoms with Gasteiger partial charge >= 0.3 is 0 Å². The average molecular weight is 366 g/mol. The van der Waals surface area contributed by atoms with Crippen LogP contribution < -0.4 is 4.74 Å². The highest BCUT2D eigenvalue weighted by Gasteiger charge is 2.12. The lowest BCUT2D eigenvalue weighted by molar-refractivity contribution is 0.398. The number of methoxy groups -OCH3 is 1. The molecule has 4 rings (SSSR count). The molecule has 4 aromatic rings. The maximum absolute atomic E-state index is 6.09. The van der Waals surface area contributed by atoms with Gasteiger partial charge in [-0.05, 0) is 30.2 Å². The Balaban J connectivity index is 1.69. The van der Waals surface area contributed by atoms with Crippen LogP contribution in [0.25, 0.3) is 22.3 Å². The van der Waals surface area contributed by atoms with Crippen molar-refractivity contribution in [3.05, 3.63) is 65.0 Å². The van der Waals surface area contributed by atoms with Crippen LogP contribution in [-0.4, -0.2) is 32.0 Å². The molecule has 0 saturated heterocycles. The number of aryl methyl sites for hydroxylation is 1. The number of rotatable bonds is 4. The van der Waals surface area contributed by atoms with E-state index in [4.69, 9.17) is 21.3 Å². The second-order valence-corrected chi connectivity index (χ2v) is 6.36. The summed E-state index contributed by atoms with van der Waals surface area (Å²) in [7, 11) is 1.59. The Bertz CT molecular complexity index is 1090. The minimum Gasteiger partial charge on any atom is -0.480 e. The van der Waals surface area contributed by atoms with Crippen LogP contribution in [0.1, 0.15) is 16.8 Å². The Morgan fingerprint density at radius 1 is 1.15 bits per heavy atom. The lowest BCUT2D eigenvalue weighted by atomic mass is 10.0. The van der Waals surface area contributed by atoms with E-state index in [0.717, 1.165) is 45.5 Å². The van der Waals surface area contributed by atoms with Crippen LogP contribution in [0.4, 0.5) is 0 Å². The third-order valence-electron chi connectivity index (χ3n) is 4.30. The fourth-order valence-electron chi connectivity index (χ4n) is 2.97. The number of fused-ring (bicyclic) bond motifs is 1. The SMILES string of the molecule is COc1ncncc1-c1ccc(Cc2c[nH]c3ncc(Cl)cc23)c(C)n1. The average Bonchev–Trinajstić information content (AvgIpc) is 3.05. The molecule has 0 saturated carbocycles. The van der Waals surface area contributed by atoms with E-state index in [1.54, 1.807) is 19.5 Å². The zero-order chi connectivity index (χ0) is 18.1. The lowest BCUT2D eigenvalue weighted by Gasteiger charge is -2.09. The van der Waals surface area contributed by atoms with Crippen molar-refractivity contribution in [1.29, 1.82) is 0 Å². The summed E-state index contributed by atoms with van der Waals surface area (Å²) in [5.74, 6) is 0.511. The van der Waals surface area contributed by atoms with Crippen LogP contribution in [0.2, 0.25) is 5.02 Å². The molecule has 4 aromatic heterocycles. The van der Waals surface area contributed by atoms with Gasteiger partial charge in [0, 0.05) is 36.1 Å². The van der Waals surface area contributed by atoms with Crippen LogP contribution in [0, 0.1) is 6.92 Å².